The standard InChI is InChI=1S/C29H48O/c1-7-21(19(2)3)9-8-20(4)25-12-13-26-24-11-10-22-18-23(30)14-16-28(22,5)27(24)15-17-29(25,26)6/h10,14,16,19-21,23-27,30H,7-9,11-13,15,17-18H2,1-6H3/t20-,21-,23+,24+,25-,26+,27+,28+,29-/m1/s1. The Bertz CT molecular complexity index is 674. The van der Waals surface area contributed by atoms with Crippen molar-refractivity contribution in [2.75, 3.05) is 0 Å². The van der Waals surface area contributed by atoms with Crippen LogP contribution in [0.1, 0.15) is 99.3 Å². The smallest absolute Gasteiger partial charge is 0.0758 e. The molecule has 1 nitrogen and oxygen atoms in total. The average Bonchev–Trinajstić information content (AvgIpc) is 3.06. The highest BCUT2D eigenvalue weighted by molar-refractivity contribution is 5.32. The van der Waals surface area contributed by atoms with Crippen LogP contribution < -0.4 is 0 Å². The molecule has 30 heavy (non-hydrogen) atoms. The Morgan fingerprint density at radius 1 is 1.07 bits per heavy atom. The maximum absolute atomic E-state index is 10.2. The molecule has 9 atom stereocenters. The van der Waals surface area contributed by atoms with Crippen LogP contribution in [0.25, 0.3) is 0 Å². The molecule has 0 aromatic carbocycles. The third-order valence-corrected chi connectivity index (χ3v) is 10.8. The van der Waals surface area contributed by atoms with Crippen LogP contribution >= 0.6 is 0 Å². The minimum absolute atomic E-state index is 0.207. The van der Waals surface area contributed by atoms with Crippen molar-refractivity contribution in [3.8, 4) is 0 Å². The highest BCUT2D eigenvalue weighted by atomic mass is 16.3. The van der Waals surface area contributed by atoms with Gasteiger partial charge in [-0.3, -0.25) is 0 Å². The summed E-state index contributed by atoms with van der Waals surface area (Å²) in [5, 5.41) is 10.2. The molecule has 170 valence electrons. The molecule has 0 aromatic heterocycles. The highest BCUT2D eigenvalue weighted by Crippen LogP contribution is 2.66. The monoisotopic (exact) mass is 412 g/mol. The number of rotatable bonds is 6. The Kier molecular flexibility index (Phi) is 6.35. The minimum Gasteiger partial charge on any atom is -0.389 e. The fraction of sp³-hybridized carbons (Fsp3) is 0.862. The van der Waals surface area contributed by atoms with Gasteiger partial charge in [-0.15, -0.1) is 0 Å². The molecule has 0 aromatic rings. The molecular weight excluding hydrogens is 364 g/mol. The first-order valence-corrected chi connectivity index (χ1v) is 13.3. The van der Waals surface area contributed by atoms with Gasteiger partial charge in [-0.05, 0) is 91.8 Å². The van der Waals surface area contributed by atoms with Gasteiger partial charge in [0, 0.05) is 5.41 Å². The number of aliphatic hydroxyl groups is 1. The van der Waals surface area contributed by atoms with E-state index in [0.29, 0.717) is 5.41 Å². The summed E-state index contributed by atoms with van der Waals surface area (Å²) in [4.78, 5) is 0. The Morgan fingerprint density at radius 3 is 2.53 bits per heavy atom. The van der Waals surface area contributed by atoms with Crippen molar-refractivity contribution in [2.24, 2.45) is 52.3 Å². The molecule has 1 heteroatoms. The van der Waals surface area contributed by atoms with Gasteiger partial charge < -0.3 is 5.11 Å². The van der Waals surface area contributed by atoms with E-state index in [1.165, 1.54) is 56.9 Å². The first-order valence-electron chi connectivity index (χ1n) is 13.3. The Balaban J connectivity index is 1.48. The van der Waals surface area contributed by atoms with E-state index in [0.717, 1.165) is 47.8 Å². The van der Waals surface area contributed by atoms with Gasteiger partial charge in [-0.1, -0.05) is 78.2 Å². The molecule has 0 heterocycles. The fourth-order valence-electron chi connectivity index (χ4n) is 8.90. The van der Waals surface area contributed by atoms with E-state index >= 15 is 0 Å². The van der Waals surface area contributed by atoms with Crippen LogP contribution in [-0.2, 0) is 0 Å². The van der Waals surface area contributed by atoms with Crippen LogP contribution in [0.15, 0.2) is 23.8 Å². The minimum atomic E-state index is -0.260. The van der Waals surface area contributed by atoms with Gasteiger partial charge in [-0.25, -0.2) is 0 Å². The van der Waals surface area contributed by atoms with Crippen molar-refractivity contribution in [1.82, 2.24) is 0 Å². The zero-order valence-electron chi connectivity index (χ0n) is 20.7. The van der Waals surface area contributed by atoms with Gasteiger partial charge in [0.25, 0.3) is 0 Å². The number of aliphatic hydroxyl groups excluding tert-OH is 1. The Labute approximate surface area is 186 Å². The SMILES string of the molecule is CC[C@H](CC[C@@H](C)[C@H]1CC[C@H]2[C@@H]3CC=C4C[C@@H](O)C=C[C@]4(C)[C@H]3CC[C@]12C)C(C)C. The predicted octanol–water partition coefficient (Wildman–Crippen LogP) is 7.80. The second-order valence-corrected chi connectivity index (χ2v) is 12.5. The summed E-state index contributed by atoms with van der Waals surface area (Å²) in [6.07, 6.45) is 18.8. The van der Waals surface area contributed by atoms with Crippen LogP contribution in [-0.4, -0.2) is 11.2 Å². The molecule has 0 saturated heterocycles. The van der Waals surface area contributed by atoms with Crippen molar-refractivity contribution >= 4 is 0 Å². The molecule has 0 aliphatic heterocycles. The molecule has 2 saturated carbocycles. The number of hydrogen-bond donors (Lipinski definition) is 1. The van der Waals surface area contributed by atoms with E-state index < -0.39 is 0 Å². The average molecular weight is 413 g/mol. The Hall–Kier alpha value is -0.560. The summed E-state index contributed by atoms with van der Waals surface area (Å²) in [5.41, 5.74) is 2.29. The second-order valence-electron chi connectivity index (χ2n) is 12.5. The van der Waals surface area contributed by atoms with Crippen LogP contribution in [0.5, 0.6) is 0 Å². The third kappa shape index (κ3) is 3.66. The molecule has 4 aliphatic carbocycles. The van der Waals surface area contributed by atoms with Gasteiger partial charge in [0.1, 0.15) is 0 Å². The summed E-state index contributed by atoms with van der Waals surface area (Å²) in [6.45, 7) is 15.0. The molecule has 0 bridgehead atoms. The van der Waals surface area contributed by atoms with Gasteiger partial charge in [-0.2, -0.15) is 0 Å². The first kappa shape index (κ1) is 22.6. The van der Waals surface area contributed by atoms with Gasteiger partial charge in [0.15, 0.2) is 0 Å². The summed E-state index contributed by atoms with van der Waals surface area (Å²) in [7, 11) is 0. The topological polar surface area (TPSA) is 20.2 Å². The summed E-state index contributed by atoms with van der Waals surface area (Å²) < 4.78 is 0. The van der Waals surface area contributed by atoms with Gasteiger partial charge in [0.05, 0.1) is 6.10 Å². The lowest BCUT2D eigenvalue weighted by Crippen LogP contribution is -2.49. The van der Waals surface area contributed by atoms with Crippen LogP contribution in [0, 0.1) is 52.3 Å². The van der Waals surface area contributed by atoms with Crippen LogP contribution in [0.2, 0.25) is 0 Å². The molecule has 1 N–H and O–H groups in total. The van der Waals surface area contributed by atoms with E-state index in [4.69, 9.17) is 0 Å². The zero-order valence-corrected chi connectivity index (χ0v) is 20.7. The lowest BCUT2D eigenvalue weighted by molar-refractivity contribution is -0.0360. The van der Waals surface area contributed by atoms with Crippen molar-refractivity contribution in [3.05, 3.63) is 23.8 Å². The van der Waals surface area contributed by atoms with Crippen molar-refractivity contribution in [1.29, 1.82) is 0 Å². The normalized spacial score (nSPS) is 44.8. The lowest BCUT2D eigenvalue weighted by atomic mass is 9.48. The van der Waals surface area contributed by atoms with Crippen LogP contribution in [0.3, 0.4) is 0 Å². The predicted molar refractivity (Wildman–Crippen MR) is 128 cm³/mol. The number of fused-ring (bicyclic) bond motifs is 5. The summed E-state index contributed by atoms with van der Waals surface area (Å²) >= 11 is 0. The zero-order chi connectivity index (χ0) is 21.7. The highest BCUT2D eigenvalue weighted by Gasteiger charge is 2.58. The molecule has 4 aliphatic rings. The van der Waals surface area contributed by atoms with Gasteiger partial charge >= 0.3 is 0 Å². The van der Waals surface area contributed by atoms with E-state index in [1.54, 1.807) is 0 Å². The van der Waals surface area contributed by atoms with Crippen LogP contribution in [0.4, 0.5) is 0 Å². The maximum atomic E-state index is 10.2. The largest absolute Gasteiger partial charge is 0.389 e. The maximum Gasteiger partial charge on any atom is 0.0758 e. The van der Waals surface area contributed by atoms with Gasteiger partial charge in [0.2, 0.25) is 0 Å². The molecule has 0 amide bonds. The van der Waals surface area contributed by atoms with Crippen molar-refractivity contribution < 1.29 is 5.11 Å². The first-order chi connectivity index (χ1) is 14.2. The molecule has 2 fully saturated rings. The lowest BCUT2D eigenvalue weighted by Gasteiger charge is -2.57. The van der Waals surface area contributed by atoms with Crippen molar-refractivity contribution in [3.63, 3.8) is 0 Å². The molecule has 0 unspecified atom stereocenters. The molecular formula is C29H48O. The number of allylic oxidation sites excluding steroid dienone is 2. The molecule has 4 rings (SSSR count). The van der Waals surface area contributed by atoms with Crippen molar-refractivity contribution in [2.45, 2.75) is 105 Å². The van der Waals surface area contributed by atoms with E-state index in [1.807, 2.05) is 0 Å². The van der Waals surface area contributed by atoms with E-state index in [-0.39, 0.29) is 11.5 Å². The van der Waals surface area contributed by atoms with E-state index in [9.17, 15) is 5.11 Å². The van der Waals surface area contributed by atoms with E-state index in [2.05, 4.69) is 59.8 Å². The third-order valence-electron chi connectivity index (χ3n) is 10.8. The summed E-state index contributed by atoms with van der Waals surface area (Å²) in [6, 6.07) is 0. The fourth-order valence-corrected chi connectivity index (χ4v) is 8.90. The Morgan fingerprint density at radius 2 is 1.83 bits per heavy atom. The quantitative estimate of drug-likeness (QED) is 0.441. The molecule has 0 spiro atoms. The summed E-state index contributed by atoms with van der Waals surface area (Å²) in [5.74, 6) is 6.09. The number of hydrogen-bond acceptors (Lipinski definition) is 1. The molecule has 0 radical (unpaired) electrons. The second kappa shape index (κ2) is 8.42.